The van der Waals surface area contributed by atoms with Crippen LogP contribution in [0.3, 0.4) is 0 Å². The molecule has 2 heterocycles. The molecule has 0 amide bonds. The number of carbonyl (C=O) groups excluding carboxylic acids is 1. The van der Waals surface area contributed by atoms with E-state index < -0.39 is 0 Å². The summed E-state index contributed by atoms with van der Waals surface area (Å²) in [6.07, 6.45) is 1.31. The van der Waals surface area contributed by atoms with E-state index in [9.17, 15) is 4.79 Å². The first-order valence-electron chi connectivity index (χ1n) is 5.40. The highest BCUT2D eigenvalue weighted by Gasteiger charge is 2.13. The maximum Gasteiger partial charge on any atom is 0.178 e. The van der Waals surface area contributed by atoms with Crippen molar-refractivity contribution in [3.63, 3.8) is 0 Å². The molecule has 0 bridgehead atoms. The fourth-order valence-electron chi connectivity index (χ4n) is 1.63. The molecule has 0 fully saturated rings. The third-order valence-corrected chi connectivity index (χ3v) is 4.24. The van der Waals surface area contributed by atoms with Crippen molar-refractivity contribution in [1.29, 1.82) is 0 Å². The summed E-state index contributed by atoms with van der Waals surface area (Å²) in [5, 5.41) is 4.34. The number of thiophene rings is 1. The Kier molecular flexibility index (Phi) is 3.79. The summed E-state index contributed by atoms with van der Waals surface area (Å²) in [7, 11) is 1.88. The van der Waals surface area contributed by atoms with Gasteiger partial charge in [0.05, 0.1) is 20.8 Å². The van der Waals surface area contributed by atoms with Crippen LogP contribution >= 0.6 is 27.3 Å². The van der Waals surface area contributed by atoms with Crippen LogP contribution in [0, 0.1) is 0 Å². The number of halogens is 1. The van der Waals surface area contributed by atoms with Crippen LogP contribution in [0.2, 0.25) is 0 Å². The van der Waals surface area contributed by atoms with Gasteiger partial charge in [-0.3, -0.25) is 9.48 Å². The maximum absolute atomic E-state index is 12.0. The van der Waals surface area contributed by atoms with Crippen molar-refractivity contribution in [2.75, 3.05) is 0 Å². The van der Waals surface area contributed by atoms with Crippen LogP contribution < -0.4 is 0 Å². The topological polar surface area (TPSA) is 34.9 Å². The van der Waals surface area contributed by atoms with E-state index >= 15 is 0 Å². The lowest BCUT2D eigenvalue weighted by molar-refractivity contribution is 0.0994. The molecule has 17 heavy (non-hydrogen) atoms. The van der Waals surface area contributed by atoms with Gasteiger partial charge in [-0.2, -0.15) is 5.10 Å². The SMILES string of the molecule is CCc1cc(CC(=O)c2ccc(Br)s2)n(C)n1. The second-order valence-corrected chi connectivity index (χ2v) is 6.27. The summed E-state index contributed by atoms with van der Waals surface area (Å²) < 4.78 is 2.78. The number of ketones is 1. The van der Waals surface area contributed by atoms with Crippen LogP contribution in [0.5, 0.6) is 0 Å². The van der Waals surface area contributed by atoms with Gasteiger partial charge in [0.1, 0.15) is 0 Å². The van der Waals surface area contributed by atoms with E-state index in [0.717, 1.165) is 26.5 Å². The first kappa shape index (κ1) is 12.5. The summed E-state index contributed by atoms with van der Waals surface area (Å²) in [5.74, 6) is 0.145. The van der Waals surface area contributed by atoms with E-state index in [-0.39, 0.29) is 5.78 Å². The van der Waals surface area contributed by atoms with Gasteiger partial charge >= 0.3 is 0 Å². The van der Waals surface area contributed by atoms with Gasteiger partial charge < -0.3 is 0 Å². The Hall–Kier alpha value is -0.940. The highest BCUT2D eigenvalue weighted by Crippen LogP contribution is 2.23. The van der Waals surface area contributed by atoms with Gasteiger partial charge in [-0.25, -0.2) is 0 Å². The van der Waals surface area contributed by atoms with Gasteiger partial charge in [0.2, 0.25) is 0 Å². The first-order valence-corrected chi connectivity index (χ1v) is 7.01. The largest absolute Gasteiger partial charge is 0.293 e. The Morgan fingerprint density at radius 3 is 2.82 bits per heavy atom. The molecule has 0 aliphatic heterocycles. The number of aryl methyl sites for hydroxylation is 2. The Balaban J connectivity index is 2.15. The third kappa shape index (κ3) is 2.84. The molecule has 0 saturated heterocycles. The lowest BCUT2D eigenvalue weighted by Crippen LogP contribution is -2.06. The number of aromatic nitrogens is 2. The van der Waals surface area contributed by atoms with Crippen LogP contribution in [-0.4, -0.2) is 15.6 Å². The second-order valence-electron chi connectivity index (χ2n) is 3.81. The molecular weight excluding hydrogens is 300 g/mol. The van der Waals surface area contributed by atoms with Crippen molar-refractivity contribution in [2.45, 2.75) is 19.8 Å². The van der Waals surface area contributed by atoms with Gasteiger partial charge in [-0.15, -0.1) is 11.3 Å². The molecule has 0 unspecified atom stereocenters. The maximum atomic E-state index is 12.0. The fourth-order valence-corrected chi connectivity index (χ4v) is 2.95. The number of Topliss-reactive ketones (excluding diaryl/α,β-unsaturated/α-hetero) is 1. The zero-order valence-electron chi connectivity index (χ0n) is 9.74. The molecule has 0 aliphatic rings. The number of carbonyl (C=O) groups is 1. The van der Waals surface area contributed by atoms with E-state index in [4.69, 9.17) is 0 Å². The quantitative estimate of drug-likeness (QED) is 0.812. The molecule has 0 radical (unpaired) electrons. The van der Waals surface area contributed by atoms with E-state index in [1.807, 2.05) is 25.2 Å². The van der Waals surface area contributed by atoms with Crippen LogP contribution in [-0.2, 0) is 19.9 Å². The van der Waals surface area contributed by atoms with Gasteiger partial charge in [0, 0.05) is 12.7 Å². The van der Waals surface area contributed by atoms with Crippen LogP contribution in [0.15, 0.2) is 22.0 Å². The summed E-state index contributed by atoms with van der Waals surface area (Å²) in [4.78, 5) is 12.8. The Morgan fingerprint density at radius 1 is 1.53 bits per heavy atom. The van der Waals surface area contributed by atoms with Crippen LogP contribution in [0.4, 0.5) is 0 Å². The monoisotopic (exact) mass is 312 g/mol. The Morgan fingerprint density at radius 2 is 2.29 bits per heavy atom. The van der Waals surface area contributed by atoms with Crippen molar-refractivity contribution in [3.05, 3.63) is 38.3 Å². The smallest absolute Gasteiger partial charge is 0.178 e. The van der Waals surface area contributed by atoms with Crippen molar-refractivity contribution >= 4 is 33.0 Å². The van der Waals surface area contributed by atoms with Gasteiger partial charge in [0.15, 0.2) is 5.78 Å². The lowest BCUT2D eigenvalue weighted by atomic mass is 10.2. The third-order valence-electron chi connectivity index (χ3n) is 2.58. The Bertz CT molecular complexity index is 544. The van der Waals surface area contributed by atoms with Crippen LogP contribution in [0.1, 0.15) is 28.0 Å². The normalized spacial score (nSPS) is 10.8. The molecule has 2 aromatic heterocycles. The van der Waals surface area contributed by atoms with Gasteiger partial charge in [0.25, 0.3) is 0 Å². The average molecular weight is 313 g/mol. The summed E-state index contributed by atoms with van der Waals surface area (Å²) >= 11 is 4.84. The fraction of sp³-hybridized carbons (Fsp3) is 0.333. The van der Waals surface area contributed by atoms with Crippen molar-refractivity contribution in [2.24, 2.45) is 7.05 Å². The lowest BCUT2D eigenvalue weighted by Gasteiger charge is -1.99. The first-order chi connectivity index (χ1) is 8.10. The van der Waals surface area contributed by atoms with E-state index in [2.05, 4.69) is 28.0 Å². The molecule has 2 aromatic rings. The highest BCUT2D eigenvalue weighted by atomic mass is 79.9. The van der Waals surface area contributed by atoms with Gasteiger partial charge in [-0.1, -0.05) is 6.92 Å². The number of hydrogen-bond acceptors (Lipinski definition) is 3. The van der Waals surface area contributed by atoms with Gasteiger partial charge in [-0.05, 0) is 40.5 Å². The molecule has 3 nitrogen and oxygen atoms in total. The molecule has 0 aliphatic carbocycles. The van der Waals surface area contributed by atoms with Crippen LogP contribution in [0.25, 0.3) is 0 Å². The average Bonchev–Trinajstić information content (AvgIpc) is 2.86. The predicted octanol–water partition coefficient (Wildman–Crippen LogP) is 3.23. The molecule has 5 heteroatoms. The molecule has 90 valence electrons. The number of hydrogen-bond donors (Lipinski definition) is 0. The zero-order valence-corrected chi connectivity index (χ0v) is 12.1. The minimum Gasteiger partial charge on any atom is -0.293 e. The van der Waals surface area contributed by atoms with Crippen molar-refractivity contribution < 1.29 is 4.79 Å². The molecule has 2 rings (SSSR count). The molecule has 0 saturated carbocycles. The van der Waals surface area contributed by atoms with E-state index in [0.29, 0.717) is 6.42 Å². The standard InChI is InChI=1S/C12H13BrN2OS/c1-3-8-6-9(15(2)14-8)7-10(16)11-4-5-12(13)17-11/h4-6H,3,7H2,1-2H3. The zero-order chi connectivity index (χ0) is 12.4. The number of nitrogens with zero attached hydrogens (tertiary/aromatic N) is 2. The molecular formula is C12H13BrN2OS. The molecule has 0 spiro atoms. The minimum absolute atomic E-state index is 0.145. The number of rotatable bonds is 4. The summed E-state index contributed by atoms with van der Waals surface area (Å²) in [6.45, 7) is 2.06. The summed E-state index contributed by atoms with van der Waals surface area (Å²) in [6, 6.07) is 5.76. The molecule has 0 aromatic carbocycles. The minimum atomic E-state index is 0.145. The van der Waals surface area contributed by atoms with Crippen molar-refractivity contribution in [3.8, 4) is 0 Å². The molecule has 0 atom stereocenters. The predicted molar refractivity (Wildman–Crippen MR) is 72.6 cm³/mol. The van der Waals surface area contributed by atoms with Crippen molar-refractivity contribution in [1.82, 2.24) is 9.78 Å². The molecule has 0 N–H and O–H groups in total. The Labute approximate surface area is 113 Å². The highest BCUT2D eigenvalue weighted by molar-refractivity contribution is 9.11. The van der Waals surface area contributed by atoms with E-state index in [1.54, 1.807) is 4.68 Å². The second kappa shape index (κ2) is 5.14. The summed E-state index contributed by atoms with van der Waals surface area (Å²) in [5.41, 5.74) is 2.00. The van der Waals surface area contributed by atoms with E-state index in [1.165, 1.54) is 11.3 Å².